The molecule has 0 bridgehead atoms. The van der Waals surface area contributed by atoms with Gasteiger partial charge >= 0.3 is 0 Å². The van der Waals surface area contributed by atoms with Crippen molar-refractivity contribution in [2.24, 2.45) is 0 Å². The normalized spacial score (nSPS) is 9.18. The van der Waals surface area contributed by atoms with Gasteiger partial charge in [0.05, 0.1) is 0 Å². The summed E-state index contributed by atoms with van der Waals surface area (Å²) in [6.07, 6.45) is 5.71. The summed E-state index contributed by atoms with van der Waals surface area (Å²) in [6.45, 7) is 3.11. The van der Waals surface area contributed by atoms with Crippen LogP contribution < -0.4 is 27.5 Å². The molecule has 64 valence electrons. The van der Waals surface area contributed by atoms with Gasteiger partial charge in [0.1, 0.15) is 6.54 Å². The van der Waals surface area contributed by atoms with Crippen molar-refractivity contribution in [1.29, 1.82) is 0 Å². The second-order valence-electron chi connectivity index (χ2n) is 2.31. The minimum atomic E-state index is 0. The van der Waals surface area contributed by atoms with Crippen LogP contribution in [0, 0.1) is 0 Å². The molecule has 1 aromatic heterocycles. The summed E-state index contributed by atoms with van der Waals surface area (Å²) in [5.74, 6) is 5.38. The molecule has 11 heavy (non-hydrogen) atoms. The van der Waals surface area contributed by atoms with Gasteiger partial charge in [-0.3, -0.25) is 5.84 Å². The Bertz CT molecular complexity index is 198. The number of hydrogen-bond donors (Lipinski definition) is 1. The lowest BCUT2D eigenvalue weighted by atomic mass is 10.3. The third kappa shape index (κ3) is 3.36. The fraction of sp³-hybridized carbons (Fsp3) is 0.667. The van der Waals surface area contributed by atoms with Crippen LogP contribution in [-0.4, -0.2) is 9.77 Å². The highest BCUT2D eigenvalue weighted by atomic mass is 79.9. The van der Waals surface area contributed by atoms with E-state index < -0.39 is 0 Å². The monoisotopic (exact) mass is 220 g/mol. The van der Waals surface area contributed by atoms with E-state index in [2.05, 4.69) is 12.0 Å². The van der Waals surface area contributed by atoms with Gasteiger partial charge in [0.2, 0.25) is 6.33 Å². The van der Waals surface area contributed by atoms with E-state index in [4.69, 9.17) is 5.84 Å². The minimum Gasteiger partial charge on any atom is -1.00 e. The van der Waals surface area contributed by atoms with Crippen molar-refractivity contribution in [3.63, 3.8) is 0 Å². The number of aromatic nitrogens is 3. The first-order valence-electron chi connectivity index (χ1n) is 3.51. The Labute approximate surface area is 76.8 Å². The van der Waals surface area contributed by atoms with Crippen molar-refractivity contribution in [1.82, 2.24) is 9.77 Å². The summed E-state index contributed by atoms with van der Waals surface area (Å²) in [7, 11) is 0. The van der Waals surface area contributed by atoms with E-state index in [0.29, 0.717) is 0 Å². The van der Waals surface area contributed by atoms with Gasteiger partial charge in [-0.1, -0.05) is 13.3 Å². The number of hydrogen-bond acceptors (Lipinski definition) is 2. The number of nitrogens with zero attached hydrogens (tertiary/aromatic N) is 3. The zero-order valence-corrected chi connectivity index (χ0v) is 8.16. The Morgan fingerprint density at radius 2 is 2.36 bits per heavy atom. The number of rotatable bonds is 3. The van der Waals surface area contributed by atoms with E-state index in [0.717, 1.165) is 13.0 Å². The van der Waals surface area contributed by atoms with Crippen LogP contribution in [0.3, 0.4) is 0 Å². The van der Waals surface area contributed by atoms with E-state index in [1.807, 2.05) is 4.68 Å². The summed E-state index contributed by atoms with van der Waals surface area (Å²) in [5.41, 5.74) is 0. The van der Waals surface area contributed by atoms with Gasteiger partial charge in [-0.2, -0.15) is 0 Å². The standard InChI is InChI=1S/C6H13N4.BrH/c1-2-3-4-10-6-9(7)5-8-10;/h5-6H,2-4,7H2,1H3;1H/q+1;/p-1. The van der Waals surface area contributed by atoms with E-state index >= 15 is 0 Å². The lowest BCUT2D eigenvalue weighted by Crippen LogP contribution is -3.00. The average Bonchev–Trinajstić information content (AvgIpc) is 2.31. The number of nitrogen functional groups attached to an aromatic ring is 1. The van der Waals surface area contributed by atoms with Crippen LogP contribution in [0.5, 0.6) is 0 Å². The molecule has 0 radical (unpaired) electrons. The van der Waals surface area contributed by atoms with Gasteiger partial charge in [0.15, 0.2) is 0 Å². The van der Waals surface area contributed by atoms with Crippen molar-refractivity contribution in [2.45, 2.75) is 26.3 Å². The van der Waals surface area contributed by atoms with E-state index in [-0.39, 0.29) is 17.0 Å². The Morgan fingerprint density at radius 3 is 2.82 bits per heavy atom. The van der Waals surface area contributed by atoms with Crippen LogP contribution in [-0.2, 0) is 6.54 Å². The topological polar surface area (TPSA) is 47.7 Å². The highest BCUT2D eigenvalue weighted by Crippen LogP contribution is 1.83. The molecule has 0 atom stereocenters. The largest absolute Gasteiger partial charge is 1.00 e. The quantitative estimate of drug-likeness (QED) is 0.429. The molecule has 4 nitrogen and oxygen atoms in total. The molecular formula is C6H13BrN4. The molecule has 0 amide bonds. The molecule has 0 aliphatic heterocycles. The van der Waals surface area contributed by atoms with Crippen LogP contribution in [0.15, 0.2) is 12.7 Å². The SMILES string of the molecule is CCCC[n+]1cn(N)cn1.[Br-]. The highest BCUT2D eigenvalue weighted by molar-refractivity contribution is 4.48. The highest BCUT2D eigenvalue weighted by Gasteiger charge is 1.99. The number of nitrogens with two attached hydrogens (primary N) is 1. The van der Waals surface area contributed by atoms with E-state index in [9.17, 15) is 0 Å². The Hall–Kier alpha value is -0.580. The summed E-state index contributed by atoms with van der Waals surface area (Å²) >= 11 is 0. The third-order valence-electron chi connectivity index (χ3n) is 1.34. The molecule has 1 heterocycles. The van der Waals surface area contributed by atoms with Crippen LogP contribution in [0.4, 0.5) is 0 Å². The predicted molar refractivity (Wildman–Crippen MR) is 37.5 cm³/mol. The maximum atomic E-state index is 5.38. The van der Waals surface area contributed by atoms with Crippen LogP contribution in [0.25, 0.3) is 0 Å². The molecule has 0 aromatic carbocycles. The smallest absolute Gasteiger partial charge is 0.289 e. The molecule has 0 saturated carbocycles. The Morgan fingerprint density at radius 1 is 1.64 bits per heavy atom. The zero-order chi connectivity index (χ0) is 7.40. The molecule has 0 saturated heterocycles. The van der Waals surface area contributed by atoms with Gasteiger partial charge in [0, 0.05) is 0 Å². The van der Waals surface area contributed by atoms with Crippen LogP contribution in [0.1, 0.15) is 19.8 Å². The maximum absolute atomic E-state index is 5.38. The molecule has 1 aromatic rings. The van der Waals surface area contributed by atoms with Gasteiger partial charge in [-0.05, 0) is 11.5 Å². The van der Waals surface area contributed by atoms with E-state index in [1.165, 1.54) is 11.1 Å². The van der Waals surface area contributed by atoms with Crippen molar-refractivity contribution in [2.75, 3.05) is 5.84 Å². The van der Waals surface area contributed by atoms with Crippen molar-refractivity contribution in [3.05, 3.63) is 12.7 Å². The molecule has 0 unspecified atom stereocenters. The molecule has 1 rings (SSSR count). The fourth-order valence-corrected chi connectivity index (χ4v) is 0.775. The van der Waals surface area contributed by atoms with Gasteiger partial charge in [-0.15, -0.1) is 9.36 Å². The first-order valence-corrected chi connectivity index (χ1v) is 3.51. The summed E-state index contributed by atoms with van der Waals surface area (Å²) in [5, 5.41) is 4.01. The Kier molecular flexibility index (Phi) is 4.85. The summed E-state index contributed by atoms with van der Waals surface area (Å²) in [4.78, 5) is 0. The second kappa shape index (κ2) is 5.12. The van der Waals surface area contributed by atoms with Crippen LogP contribution >= 0.6 is 0 Å². The van der Waals surface area contributed by atoms with Gasteiger partial charge < -0.3 is 17.0 Å². The molecular weight excluding hydrogens is 208 g/mol. The van der Waals surface area contributed by atoms with Crippen molar-refractivity contribution in [3.8, 4) is 0 Å². The maximum Gasteiger partial charge on any atom is 0.289 e. The fourth-order valence-electron chi connectivity index (χ4n) is 0.775. The number of aryl methyl sites for hydroxylation is 1. The van der Waals surface area contributed by atoms with Crippen molar-refractivity contribution < 1.29 is 21.7 Å². The molecule has 0 fully saturated rings. The minimum absolute atomic E-state index is 0. The average molecular weight is 221 g/mol. The first kappa shape index (κ1) is 10.4. The number of unbranched alkanes of at least 4 members (excludes halogenated alkanes) is 1. The predicted octanol–water partition coefficient (Wildman–Crippen LogP) is -3.31. The van der Waals surface area contributed by atoms with E-state index in [1.54, 1.807) is 12.7 Å². The second-order valence-corrected chi connectivity index (χ2v) is 2.31. The van der Waals surface area contributed by atoms with Crippen molar-refractivity contribution >= 4 is 0 Å². The summed E-state index contributed by atoms with van der Waals surface area (Å²) in [6, 6.07) is 0. The van der Waals surface area contributed by atoms with Gasteiger partial charge in [0.25, 0.3) is 6.33 Å². The van der Waals surface area contributed by atoms with Crippen LogP contribution in [0.2, 0.25) is 0 Å². The Balaban J connectivity index is 0.000001000. The summed E-state index contributed by atoms with van der Waals surface area (Å²) < 4.78 is 3.29. The lowest BCUT2D eigenvalue weighted by Gasteiger charge is -1.87. The third-order valence-corrected chi connectivity index (χ3v) is 1.34. The first-order chi connectivity index (χ1) is 4.83. The molecule has 0 aliphatic carbocycles. The molecule has 2 N–H and O–H groups in total. The number of halogens is 1. The van der Waals surface area contributed by atoms with Gasteiger partial charge in [-0.25, -0.2) is 0 Å². The molecule has 5 heteroatoms. The zero-order valence-electron chi connectivity index (χ0n) is 6.57. The molecule has 0 spiro atoms. The lowest BCUT2D eigenvalue weighted by molar-refractivity contribution is -0.752. The molecule has 0 aliphatic rings.